The van der Waals surface area contributed by atoms with Gasteiger partial charge >= 0.3 is 0 Å². The zero-order valence-electron chi connectivity index (χ0n) is 15.8. The highest BCUT2D eigenvalue weighted by Crippen LogP contribution is 2.22. The molecule has 2 aromatic rings. The summed E-state index contributed by atoms with van der Waals surface area (Å²) in [7, 11) is 0. The van der Waals surface area contributed by atoms with E-state index < -0.39 is 0 Å². The van der Waals surface area contributed by atoms with Crippen molar-refractivity contribution in [2.45, 2.75) is 40.7 Å². The van der Waals surface area contributed by atoms with Crippen molar-refractivity contribution in [3.63, 3.8) is 0 Å². The number of anilines is 1. The number of hydrogen-bond acceptors (Lipinski definition) is 5. The second-order valence-corrected chi connectivity index (χ2v) is 7.19. The van der Waals surface area contributed by atoms with E-state index in [9.17, 15) is 4.79 Å². The van der Waals surface area contributed by atoms with E-state index in [0.29, 0.717) is 6.54 Å². The van der Waals surface area contributed by atoms with Gasteiger partial charge in [0.25, 0.3) is 0 Å². The van der Waals surface area contributed by atoms with Gasteiger partial charge in [0.15, 0.2) is 5.65 Å². The first-order chi connectivity index (χ1) is 11.8. The van der Waals surface area contributed by atoms with Crippen molar-refractivity contribution >= 4 is 17.4 Å². The Hall–Kier alpha value is -2.15. The molecule has 1 N–H and O–H groups in total. The fourth-order valence-corrected chi connectivity index (χ4v) is 3.26. The minimum atomic E-state index is 0.101. The van der Waals surface area contributed by atoms with Crippen molar-refractivity contribution in [2.75, 3.05) is 37.6 Å². The first-order valence-electron chi connectivity index (χ1n) is 8.95. The molecule has 0 spiro atoms. The van der Waals surface area contributed by atoms with E-state index in [0.717, 1.165) is 54.6 Å². The number of nitrogens with zero attached hydrogens (tertiary/aromatic N) is 5. The lowest BCUT2D eigenvalue weighted by molar-refractivity contribution is -0.122. The van der Waals surface area contributed by atoms with Gasteiger partial charge in [-0.3, -0.25) is 9.69 Å². The molecule has 1 aliphatic rings. The van der Waals surface area contributed by atoms with Gasteiger partial charge in [0.2, 0.25) is 5.91 Å². The van der Waals surface area contributed by atoms with E-state index in [2.05, 4.69) is 38.2 Å². The lowest BCUT2D eigenvalue weighted by atomic mass is 10.2. The summed E-state index contributed by atoms with van der Waals surface area (Å²) >= 11 is 0. The molecule has 0 unspecified atom stereocenters. The molecule has 136 valence electrons. The number of hydrogen-bond donors (Lipinski definition) is 1. The highest BCUT2D eigenvalue weighted by atomic mass is 16.2. The maximum absolute atomic E-state index is 11.9. The molecule has 3 heterocycles. The zero-order valence-corrected chi connectivity index (χ0v) is 15.8. The Balaban J connectivity index is 1.72. The quantitative estimate of drug-likeness (QED) is 0.906. The minimum Gasteiger partial charge on any atom is -0.354 e. The van der Waals surface area contributed by atoms with Gasteiger partial charge in [0.05, 0.1) is 12.2 Å². The molecular formula is C18H28N6O. The monoisotopic (exact) mass is 344 g/mol. The summed E-state index contributed by atoms with van der Waals surface area (Å²) in [5.74, 6) is 1.19. The van der Waals surface area contributed by atoms with E-state index in [1.165, 1.54) is 0 Å². The van der Waals surface area contributed by atoms with Crippen molar-refractivity contribution in [1.82, 2.24) is 24.8 Å². The number of aryl methyl sites for hydroxylation is 3. The van der Waals surface area contributed by atoms with Crippen LogP contribution in [-0.2, 0) is 4.79 Å². The van der Waals surface area contributed by atoms with Crippen molar-refractivity contribution < 1.29 is 4.79 Å². The maximum Gasteiger partial charge on any atom is 0.234 e. The highest BCUT2D eigenvalue weighted by Gasteiger charge is 2.22. The second-order valence-electron chi connectivity index (χ2n) is 7.19. The number of amides is 1. The van der Waals surface area contributed by atoms with Crippen LogP contribution in [0.2, 0.25) is 0 Å². The summed E-state index contributed by atoms with van der Waals surface area (Å²) in [6, 6.07) is 2.29. The van der Waals surface area contributed by atoms with E-state index in [1.807, 2.05) is 32.2 Å². The van der Waals surface area contributed by atoms with Crippen LogP contribution in [0.5, 0.6) is 0 Å². The molecule has 1 amide bonds. The molecule has 1 fully saturated rings. The van der Waals surface area contributed by atoms with Gasteiger partial charge in [-0.2, -0.15) is 9.61 Å². The Morgan fingerprint density at radius 3 is 2.52 bits per heavy atom. The minimum absolute atomic E-state index is 0.101. The van der Waals surface area contributed by atoms with Gasteiger partial charge in [0, 0.05) is 49.5 Å². The molecule has 0 bridgehead atoms. The van der Waals surface area contributed by atoms with Crippen LogP contribution in [0.3, 0.4) is 0 Å². The summed E-state index contributed by atoms with van der Waals surface area (Å²) in [6.07, 6.45) is 0. The fraction of sp³-hybridized carbons (Fsp3) is 0.611. The van der Waals surface area contributed by atoms with Crippen LogP contribution in [0, 0.1) is 20.8 Å². The molecule has 25 heavy (non-hydrogen) atoms. The number of fused-ring (bicyclic) bond motifs is 1. The third kappa shape index (κ3) is 3.76. The fourth-order valence-electron chi connectivity index (χ4n) is 3.26. The average molecular weight is 344 g/mol. The molecule has 0 radical (unpaired) electrons. The third-order valence-corrected chi connectivity index (χ3v) is 4.68. The van der Waals surface area contributed by atoms with Crippen molar-refractivity contribution in [2.24, 2.45) is 0 Å². The van der Waals surface area contributed by atoms with Gasteiger partial charge in [-0.05, 0) is 34.6 Å². The maximum atomic E-state index is 11.9. The Morgan fingerprint density at radius 1 is 1.20 bits per heavy atom. The first kappa shape index (κ1) is 17.7. The lowest BCUT2D eigenvalue weighted by Gasteiger charge is -2.35. The highest BCUT2D eigenvalue weighted by molar-refractivity contribution is 5.78. The van der Waals surface area contributed by atoms with E-state index in [-0.39, 0.29) is 11.9 Å². The standard InChI is InChI=1S/C18H28N6O/c1-12(2)19-16(25)11-22-6-8-23(9-7-22)17-10-13(3)20-18-14(4)15(5)21-24(17)18/h10,12H,6-9,11H2,1-5H3,(H,19,25). The molecule has 0 aliphatic carbocycles. The Kier molecular flexibility index (Phi) is 4.94. The normalized spacial score (nSPS) is 16.0. The van der Waals surface area contributed by atoms with E-state index in [1.54, 1.807) is 0 Å². The van der Waals surface area contributed by atoms with Gasteiger partial charge in [0.1, 0.15) is 5.82 Å². The van der Waals surface area contributed by atoms with Crippen LogP contribution in [0.4, 0.5) is 5.82 Å². The zero-order chi connectivity index (χ0) is 18.1. The molecular weight excluding hydrogens is 316 g/mol. The van der Waals surface area contributed by atoms with Crippen LogP contribution >= 0.6 is 0 Å². The lowest BCUT2D eigenvalue weighted by Crippen LogP contribution is -2.50. The second kappa shape index (κ2) is 7.00. The van der Waals surface area contributed by atoms with Crippen molar-refractivity contribution in [3.05, 3.63) is 23.0 Å². The summed E-state index contributed by atoms with van der Waals surface area (Å²) in [4.78, 5) is 21.1. The van der Waals surface area contributed by atoms with Crippen LogP contribution < -0.4 is 10.2 Å². The molecule has 1 saturated heterocycles. The van der Waals surface area contributed by atoms with Crippen molar-refractivity contribution in [3.8, 4) is 0 Å². The summed E-state index contributed by atoms with van der Waals surface area (Å²) in [5.41, 5.74) is 4.09. The SMILES string of the molecule is Cc1cc(N2CCN(CC(=O)NC(C)C)CC2)n2nc(C)c(C)c2n1. The van der Waals surface area contributed by atoms with Crippen LogP contribution in [-0.4, -0.2) is 64.2 Å². The molecule has 0 aromatic carbocycles. The van der Waals surface area contributed by atoms with E-state index in [4.69, 9.17) is 0 Å². The molecule has 3 rings (SSSR count). The average Bonchev–Trinajstić information content (AvgIpc) is 2.82. The van der Waals surface area contributed by atoms with Crippen LogP contribution in [0.25, 0.3) is 5.65 Å². The largest absolute Gasteiger partial charge is 0.354 e. The molecule has 7 heteroatoms. The molecule has 0 atom stereocenters. The number of rotatable bonds is 4. The summed E-state index contributed by atoms with van der Waals surface area (Å²) < 4.78 is 1.96. The van der Waals surface area contributed by atoms with Crippen LogP contribution in [0.1, 0.15) is 30.8 Å². The van der Waals surface area contributed by atoms with Crippen molar-refractivity contribution in [1.29, 1.82) is 0 Å². The predicted molar refractivity (Wildman–Crippen MR) is 99.1 cm³/mol. The first-order valence-corrected chi connectivity index (χ1v) is 8.95. The Morgan fingerprint density at radius 2 is 1.88 bits per heavy atom. The Bertz CT molecular complexity index is 773. The van der Waals surface area contributed by atoms with E-state index >= 15 is 0 Å². The molecule has 2 aromatic heterocycles. The number of carbonyl (C=O) groups is 1. The number of aromatic nitrogens is 3. The predicted octanol–water partition coefficient (Wildman–Crippen LogP) is 1.30. The molecule has 0 saturated carbocycles. The topological polar surface area (TPSA) is 65.8 Å². The molecule has 7 nitrogen and oxygen atoms in total. The Labute approximate surface area is 149 Å². The molecule has 1 aliphatic heterocycles. The summed E-state index contributed by atoms with van der Waals surface area (Å²) in [6.45, 7) is 14.1. The van der Waals surface area contributed by atoms with Gasteiger partial charge < -0.3 is 10.2 Å². The number of nitrogens with one attached hydrogen (secondary N) is 1. The van der Waals surface area contributed by atoms with Gasteiger partial charge in [-0.15, -0.1) is 0 Å². The smallest absolute Gasteiger partial charge is 0.234 e. The summed E-state index contributed by atoms with van der Waals surface area (Å²) in [5, 5.41) is 7.62. The van der Waals surface area contributed by atoms with Gasteiger partial charge in [-0.25, -0.2) is 4.98 Å². The number of piperazine rings is 1. The van der Waals surface area contributed by atoms with Gasteiger partial charge in [-0.1, -0.05) is 0 Å². The number of carbonyl (C=O) groups excluding carboxylic acids is 1. The van der Waals surface area contributed by atoms with Crippen LogP contribution in [0.15, 0.2) is 6.07 Å². The third-order valence-electron chi connectivity index (χ3n) is 4.68.